The Labute approximate surface area is 95.4 Å². The van der Waals surface area contributed by atoms with Gasteiger partial charge >= 0.3 is 5.69 Å². The minimum Gasteiger partial charge on any atom is -0.293 e. The Hall–Kier alpha value is -2.17. The summed E-state index contributed by atoms with van der Waals surface area (Å²) in [6, 6.07) is 5.76. The zero-order chi connectivity index (χ0) is 12.0. The predicted molar refractivity (Wildman–Crippen MR) is 60.4 cm³/mol. The lowest BCUT2D eigenvalue weighted by Gasteiger charge is -2.20. The number of hydrogen-bond acceptors (Lipinski definition) is 2. The Morgan fingerprint density at radius 1 is 1.24 bits per heavy atom. The Balaban J connectivity index is 2.36. The average molecular weight is 232 g/mol. The number of fused-ring (bicyclic) bond motifs is 3. The van der Waals surface area contributed by atoms with Gasteiger partial charge in [0.15, 0.2) is 0 Å². The summed E-state index contributed by atoms with van der Waals surface area (Å²) >= 11 is 0. The van der Waals surface area contributed by atoms with Crippen molar-refractivity contribution in [3.05, 3.63) is 56.5 Å². The molecule has 0 unspecified atom stereocenters. The van der Waals surface area contributed by atoms with Crippen molar-refractivity contribution in [2.75, 3.05) is 0 Å². The largest absolute Gasteiger partial charge is 0.328 e. The van der Waals surface area contributed by atoms with Crippen LogP contribution in [0, 0.1) is 5.82 Å². The first-order chi connectivity index (χ1) is 8.15. The molecule has 0 bridgehead atoms. The Bertz CT molecular complexity index is 715. The van der Waals surface area contributed by atoms with Gasteiger partial charge in [-0.25, -0.2) is 9.18 Å². The molecule has 0 aliphatic carbocycles. The van der Waals surface area contributed by atoms with Crippen molar-refractivity contribution >= 4 is 0 Å². The van der Waals surface area contributed by atoms with Gasteiger partial charge in [-0.3, -0.25) is 14.3 Å². The molecule has 0 fully saturated rings. The second kappa shape index (κ2) is 3.41. The van der Waals surface area contributed by atoms with E-state index in [0.717, 1.165) is 11.1 Å². The van der Waals surface area contributed by atoms with Crippen LogP contribution in [-0.2, 0) is 13.0 Å². The van der Waals surface area contributed by atoms with E-state index in [2.05, 4.69) is 4.98 Å². The third-order valence-corrected chi connectivity index (χ3v) is 2.98. The number of nitrogens with one attached hydrogen (secondary N) is 1. The molecule has 1 N–H and O–H groups in total. The van der Waals surface area contributed by atoms with E-state index >= 15 is 0 Å². The van der Waals surface area contributed by atoms with E-state index in [4.69, 9.17) is 0 Å². The highest BCUT2D eigenvalue weighted by Gasteiger charge is 2.17. The van der Waals surface area contributed by atoms with Crippen LogP contribution in [0.15, 0.2) is 33.9 Å². The van der Waals surface area contributed by atoms with Crippen LogP contribution >= 0.6 is 0 Å². The first kappa shape index (κ1) is 10.0. The van der Waals surface area contributed by atoms with Crippen LogP contribution in [0.3, 0.4) is 0 Å². The summed E-state index contributed by atoms with van der Waals surface area (Å²) < 4.78 is 14.6. The maximum atomic E-state index is 13.1. The summed E-state index contributed by atoms with van der Waals surface area (Å²) in [7, 11) is 0. The molecule has 2 aromatic rings. The number of hydrogen-bond donors (Lipinski definition) is 1. The van der Waals surface area contributed by atoms with Gasteiger partial charge in [0.05, 0.1) is 5.69 Å². The number of halogens is 1. The van der Waals surface area contributed by atoms with Gasteiger partial charge in [0, 0.05) is 18.2 Å². The first-order valence-electron chi connectivity index (χ1n) is 5.28. The number of aryl methyl sites for hydroxylation is 1. The first-order valence-corrected chi connectivity index (χ1v) is 5.28. The van der Waals surface area contributed by atoms with Gasteiger partial charge in [-0.1, -0.05) is 0 Å². The van der Waals surface area contributed by atoms with Gasteiger partial charge in [0.2, 0.25) is 0 Å². The molecule has 0 atom stereocenters. The second-order valence-corrected chi connectivity index (χ2v) is 4.03. The van der Waals surface area contributed by atoms with Crippen molar-refractivity contribution in [2.24, 2.45) is 0 Å². The summed E-state index contributed by atoms with van der Waals surface area (Å²) in [4.78, 5) is 25.1. The summed E-state index contributed by atoms with van der Waals surface area (Å²) in [5, 5.41) is 0. The Morgan fingerprint density at radius 2 is 2.06 bits per heavy atom. The van der Waals surface area contributed by atoms with Gasteiger partial charge < -0.3 is 0 Å². The second-order valence-electron chi connectivity index (χ2n) is 4.03. The smallest absolute Gasteiger partial charge is 0.293 e. The Morgan fingerprint density at radius 3 is 2.88 bits per heavy atom. The van der Waals surface area contributed by atoms with Crippen LogP contribution in [0.2, 0.25) is 0 Å². The molecule has 4 nitrogen and oxygen atoms in total. The topological polar surface area (TPSA) is 54.9 Å². The van der Waals surface area contributed by atoms with Crippen LogP contribution in [0.5, 0.6) is 0 Å². The van der Waals surface area contributed by atoms with Crippen molar-refractivity contribution in [1.29, 1.82) is 0 Å². The molecule has 17 heavy (non-hydrogen) atoms. The fourth-order valence-corrected chi connectivity index (χ4v) is 2.22. The zero-order valence-electron chi connectivity index (χ0n) is 8.87. The molecule has 0 radical (unpaired) electrons. The van der Waals surface area contributed by atoms with Crippen molar-refractivity contribution < 1.29 is 4.39 Å². The van der Waals surface area contributed by atoms with Crippen molar-refractivity contribution in [1.82, 2.24) is 9.55 Å². The molecule has 0 spiro atoms. The fraction of sp³-hybridized carbons (Fsp3) is 0.167. The molecule has 86 valence electrons. The third-order valence-electron chi connectivity index (χ3n) is 2.98. The lowest BCUT2D eigenvalue weighted by Crippen LogP contribution is -2.33. The molecule has 5 heteroatoms. The van der Waals surface area contributed by atoms with E-state index < -0.39 is 11.2 Å². The molecule has 0 saturated heterocycles. The van der Waals surface area contributed by atoms with Crippen LogP contribution in [0.1, 0.15) is 5.56 Å². The van der Waals surface area contributed by atoms with Gasteiger partial charge in [-0.15, -0.1) is 0 Å². The van der Waals surface area contributed by atoms with Crippen molar-refractivity contribution in [2.45, 2.75) is 13.0 Å². The van der Waals surface area contributed by atoms with Crippen LogP contribution in [0.25, 0.3) is 11.3 Å². The van der Waals surface area contributed by atoms with E-state index in [1.807, 2.05) is 0 Å². The van der Waals surface area contributed by atoms with Crippen LogP contribution in [-0.4, -0.2) is 9.55 Å². The van der Waals surface area contributed by atoms with E-state index in [0.29, 0.717) is 18.7 Å². The van der Waals surface area contributed by atoms with E-state index in [1.54, 1.807) is 6.07 Å². The molecule has 1 aromatic carbocycles. The normalized spacial score (nSPS) is 13.0. The lowest BCUT2D eigenvalue weighted by atomic mass is 9.98. The van der Waals surface area contributed by atoms with Crippen molar-refractivity contribution in [3.63, 3.8) is 0 Å². The molecule has 1 aromatic heterocycles. The number of nitrogens with zero attached hydrogens (tertiary/aromatic N) is 1. The molecule has 1 aliphatic rings. The molecule has 1 aliphatic heterocycles. The summed E-state index contributed by atoms with van der Waals surface area (Å²) in [5.41, 5.74) is 1.29. The fourth-order valence-electron chi connectivity index (χ4n) is 2.22. The predicted octanol–water partition coefficient (Wildman–Crippen LogP) is 0.899. The number of benzene rings is 1. The standard InChI is InChI=1S/C12H9FN2O2/c13-8-1-2-9-7(5-8)3-4-15-10(9)6-11(16)14-12(15)17/h1-2,5-6H,3-4H2,(H,14,16,17). The van der Waals surface area contributed by atoms with E-state index in [9.17, 15) is 14.0 Å². The molecule has 3 rings (SSSR count). The maximum absolute atomic E-state index is 13.1. The number of H-pyrrole nitrogens is 1. The average Bonchev–Trinajstić information content (AvgIpc) is 2.27. The lowest BCUT2D eigenvalue weighted by molar-refractivity contribution is 0.609. The number of aromatic nitrogens is 2. The van der Waals surface area contributed by atoms with Gasteiger partial charge in [0.1, 0.15) is 5.82 Å². The molecule has 2 heterocycles. The van der Waals surface area contributed by atoms with Gasteiger partial charge in [0.25, 0.3) is 5.56 Å². The number of aromatic amines is 1. The molecule has 0 amide bonds. The molecular formula is C12H9FN2O2. The van der Waals surface area contributed by atoms with Crippen LogP contribution in [0.4, 0.5) is 4.39 Å². The number of rotatable bonds is 0. The zero-order valence-corrected chi connectivity index (χ0v) is 8.87. The van der Waals surface area contributed by atoms with Gasteiger partial charge in [-0.05, 0) is 30.2 Å². The van der Waals surface area contributed by atoms with Crippen molar-refractivity contribution in [3.8, 4) is 11.3 Å². The third kappa shape index (κ3) is 1.51. The molecular weight excluding hydrogens is 223 g/mol. The monoisotopic (exact) mass is 232 g/mol. The molecule has 0 saturated carbocycles. The van der Waals surface area contributed by atoms with E-state index in [1.165, 1.54) is 22.8 Å². The SMILES string of the molecule is O=c1cc2n(c(=O)[nH]1)CCc1cc(F)ccc1-2. The van der Waals surface area contributed by atoms with Gasteiger partial charge in [-0.2, -0.15) is 0 Å². The highest BCUT2D eigenvalue weighted by molar-refractivity contribution is 5.65. The maximum Gasteiger partial charge on any atom is 0.328 e. The minimum atomic E-state index is -0.432. The van der Waals surface area contributed by atoms with Crippen LogP contribution < -0.4 is 11.2 Å². The minimum absolute atomic E-state index is 0.301. The highest BCUT2D eigenvalue weighted by Crippen LogP contribution is 2.27. The summed E-state index contributed by atoms with van der Waals surface area (Å²) in [6.07, 6.45) is 0.589. The van der Waals surface area contributed by atoms with E-state index in [-0.39, 0.29) is 5.82 Å². The summed E-state index contributed by atoms with van der Waals surface area (Å²) in [5.74, 6) is -0.301. The Kier molecular flexibility index (Phi) is 2.01. The quantitative estimate of drug-likeness (QED) is 0.733. The highest BCUT2D eigenvalue weighted by atomic mass is 19.1. The summed E-state index contributed by atoms with van der Waals surface area (Å²) in [6.45, 7) is 0.460.